The Morgan fingerprint density at radius 3 is 2.86 bits per heavy atom. The van der Waals surface area contributed by atoms with Crippen molar-refractivity contribution in [1.82, 2.24) is 10.2 Å². The summed E-state index contributed by atoms with van der Waals surface area (Å²) >= 11 is 0. The molecular weight excluding hydrogens is 172 g/mol. The summed E-state index contributed by atoms with van der Waals surface area (Å²) in [6.07, 6.45) is 8.53. The lowest BCUT2D eigenvalue weighted by atomic mass is 10.1. The molecule has 0 aliphatic carbocycles. The van der Waals surface area contributed by atoms with Gasteiger partial charge in [0.2, 0.25) is 0 Å². The summed E-state index contributed by atoms with van der Waals surface area (Å²) in [5.41, 5.74) is 0. The van der Waals surface area contributed by atoms with Crippen LogP contribution in [0.1, 0.15) is 33.1 Å². The third-order valence-corrected chi connectivity index (χ3v) is 2.98. The summed E-state index contributed by atoms with van der Waals surface area (Å²) in [5.74, 6) is 0. The number of nitrogens with zero attached hydrogens (tertiary/aromatic N) is 1. The maximum atomic E-state index is 3.13. The third kappa shape index (κ3) is 3.43. The van der Waals surface area contributed by atoms with E-state index < -0.39 is 0 Å². The average Bonchev–Trinajstić information content (AvgIpc) is 2.60. The summed E-state index contributed by atoms with van der Waals surface area (Å²) < 4.78 is 0. The van der Waals surface area contributed by atoms with E-state index in [-0.39, 0.29) is 0 Å². The molecule has 0 saturated carbocycles. The highest BCUT2D eigenvalue weighted by molar-refractivity contribution is 4.91. The highest BCUT2D eigenvalue weighted by Crippen LogP contribution is 2.22. The largest absolute Gasteiger partial charge is 0.316 e. The Hall–Kier alpha value is -0.340. The van der Waals surface area contributed by atoms with E-state index in [9.17, 15) is 0 Å². The summed E-state index contributed by atoms with van der Waals surface area (Å²) in [4.78, 5) is 2.63. The van der Waals surface area contributed by atoms with Crippen LogP contribution in [0.3, 0.4) is 0 Å². The molecule has 1 rings (SSSR count). The quantitative estimate of drug-likeness (QED) is 0.677. The average molecular weight is 196 g/mol. The molecule has 1 unspecified atom stereocenters. The molecule has 1 heterocycles. The van der Waals surface area contributed by atoms with Gasteiger partial charge in [0.25, 0.3) is 0 Å². The van der Waals surface area contributed by atoms with Crippen LogP contribution in [0.4, 0.5) is 0 Å². The predicted octanol–water partition coefficient (Wildman–Crippen LogP) is 2.02. The molecule has 0 bridgehead atoms. The minimum Gasteiger partial charge on any atom is -0.316 e. The first-order valence-corrected chi connectivity index (χ1v) is 5.81. The SMILES string of the molecule is CNC/C=C\CC1CCCN1C(C)C. The summed E-state index contributed by atoms with van der Waals surface area (Å²) in [7, 11) is 1.99. The van der Waals surface area contributed by atoms with Crippen molar-refractivity contribution in [2.75, 3.05) is 20.1 Å². The zero-order valence-corrected chi connectivity index (χ0v) is 9.79. The second-order valence-corrected chi connectivity index (χ2v) is 4.39. The van der Waals surface area contributed by atoms with Crippen molar-refractivity contribution >= 4 is 0 Å². The summed E-state index contributed by atoms with van der Waals surface area (Å²) in [5, 5.41) is 3.13. The molecule has 1 aliphatic rings. The van der Waals surface area contributed by atoms with E-state index in [0.717, 1.165) is 12.6 Å². The highest BCUT2D eigenvalue weighted by atomic mass is 15.2. The van der Waals surface area contributed by atoms with Gasteiger partial charge in [-0.15, -0.1) is 0 Å². The highest BCUT2D eigenvalue weighted by Gasteiger charge is 2.24. The van der Waals surface area contributed by atoms with Crippen LogP contribution in [0, 0.1) is 0 Å². The topological polar surface area (TPSA) is 15.3 Å². The number of rotatable bonds is 5. The van der Waals surface area contributed by atoms with E-state index in [1.807, 2.05) is 7.05 Å². The van der Waals surface area contributed by atoms with Gasteiger partial charge in [0, 0.05) is 18.6 Å². The van der Waals surface area contributed by atoms with Gasteiger partial charge in [-0.25, -0.2) is 0 Å². The number of hydrogen-bond acceptors (Lipinski definition) is 2. The number of likely N-dealkylation sites (tertiary alicyclic amines) is 1. The lowest BCUT2D eigenvalue weighted by molar-refractivity contribution is 0.205. The standard InChI is InChI=1S/C12H24N2/c1-11(2)14-10-6-8-12(14)7-4-5-9-13-3/h4-5,11-13H,6-10H2,1-3H3/b5-4-. The van der Waals surface area contributed by atoms with Crippen LogP contribution in [0.5, 0.6) is 0 Å². The minimum absolute atomic E-state index is 0.709. The molecule has 0 amide bonds. The Bertz CT molecular complexity index is 175. The predicted molar refractivity (Wildman–Crippen MR) is 62.5 cm³/mol. The van der Waals surface area contributed by atoms with Crippen LogP contribution < -0.4 is 5.32 Å². The smallest absolute Gasteiger partial charge is 0.0133 e. The first-order valence-electron chi connectivity index (χ1n) is 5.81. The van der Waals surface area contributed by atoms with E-state index in [0.29, 0.717) is 6.04 Å². The molecule has 0 aromatic heterocycles. The number of nitrogens with one attached hydrogen (secondary N) is 1. The van der Waals surface area contributed by atoms with Crippen molar-refractivity contribution in [2.45, 2.75) is 45.2 Å². The van der Waals surface area contributed by atoms with E-state index >= 15 is 0 Å². The van der Waals surface area contributed by atoms with Crippen LogP contribution in [0.15, 0.2) is 12.2 Å². The number of likely N-dealkylation sites (N-methyl/N-ethyl adjacent to an activating group) is 1. The molecule has 1 aliphatic heterocycles. The molecule has 1 saturated heterocycles. The van der Waals surface area contributed by atoms with Gasteiger partial charge in [-0.3, -0.25) is 4.90 Å². The van der Waals surface area contributed by atoms with Crippen LogP contribution >= 0.6 is 0 Å². The van der Waals surface area contributed by atoms with Gasteiger partial charge >= 0.3 is 0 Å². The summed E-state index contributed by atoms with van der Waals surface area (Å²) in [6, 6.07) is 1.50. The monoisotopic (exact) mass is 196 g/mol. The number of hydrogen-bond donors (Lipinski definition) is 1. The Kier molecular flexibility index (Phi) is 5.20. The normalized spacial score (nSPS) is 24.1. The first-order chi connectivity index (χ1) is 6.75. The van der Waals surface area contributed by atoms with Gasteiger partial charge in [-0.2, -0.15) is 0 Å². The van der Waals surface area contributed by atoms with Gasteiger partial charge < -0.3 is 5.32 Å². The molecular formula is C12H24N2. The Morgan fingerprint density at radius 2 is 2.21 bits per heavy atom. The van der Waals surface area contributed by atoms with Gasteiger partial charge in [0.15, 0.2) is 0 Å². The lowest BCUT2D eigenvalue weighted by Gasteiger charge is -2.27. The van der Waals surface area contributed by atoms with Crippen molar-refractivity contribution in [3.8, 4) is 0 Å². The second kappa shape index (κ2) is 6.20. The van der Waals surface area contributed by atoms with E-state index in [4.69, 9.17) is 0 Å². The molecule has 0 radical (unpaired) electrons. The van der Waals surface area contributed by atoms with Gasteiger partial charge in [-0.1, -0.05) is 12.2 Å². The van der Waals surface area contributed by atoms with Crippen LogP contribution in [0.2, 0.25) is 0 Å². The third-order valence-electron chi connectivity index (χ3n) is 2.98. The van der Waals surface area contributed by atoms with Crippen LogP contribution in [-0.2, 0) is 0 Å². The molecule has 2 nitrogen and oxygen atoms in total. The van der Waals surface area contributed by atoms with Crippen molar-refractivity contribution in [3.63, 3.8) is 0 Å². The Labute approximate surface area is 88.4 Å². The molecule has 14 heavy (non-hydrogen) atoms. The Balaban J connectivity index is 2.28. The fourth-order valence-corrected chi connectivity index (χ4v) is 2.25. The molecule has 2 heteroatoms. The summed E-state index contributed by atoms with van der Waals surface area (Å²) in [6.45, 7) is 6.89. The maximum absolute atomic E-state index is 3.13. The fourth-order valence-electron chi connectivity index (χ4n) is 2.25. The van der Waals surface area contributed by atoms with Crippen LogP contribution in [-0.4, -0.2) is 37.1 Å². The zero-order valence-electron chi connectivity index (χ0n) is 9.79. The molecule has 0 aromatic carbocycles. The molecule has 1 N–H and O–H groups in total. The maximum Gasteiger partial charge on any atom is 0.0133 e. The van der Waals surface area contributed by atoms with E-state index in [1.165, 1.54) is 25.8 Å². The molecule has 0 spiro atoms. The molecule has 1 fully saturated rings. The molecule has 0 aromatic rings. The Morgan fingerprint density at radius 1 is 1.43 bits per heavy atom. The molecule has 1 atom stereocenters. The van der Waals surface area contributed by atoms with Crippen molar-refractivity contribution in [3.05, 3.63) is 12.2 Å². The van der Waals surface area contributed by atoms with Gasteiger partial charge in [0.1, 0.15) is 0 Å². The first kappa shape index (κ1) is 11.7. The van der Waals surface area contributed by atoms with Crippen molar-refractivity contribution in [2.24, 2.45) is 0 Å². The van der Waals surface area contributed by atoms with Gasteiger partial charge in [0.05, 0.1) is 0 Å². The van der Waals surface area contributed by atoms with Crippen molar-refractivity contribution in [1.29, 1.82) is 0 Å². The van der Waals surface area contributed by atoms with E-state index in [2.05, 4.69) is 36.2 Å². The van der Waals surface area contributed by atoms with Gasteiger partial charge in [-0.05, 0) is 46.7 Å². The van der Waals surface area contributed by atoms with Crippen molar-refractivity contribution < 1.29 is 0 Å². The van der Waals surface area contributed by atoms with Crippen LogP contribution in [0.25, 0.3) is 0 Å². The lowest BCUT2D eigenvalue weighted by Crippen LogP contribution is -2.35. The van der Waals surface area contributed by atoms with E-state index in [1.54, 1.807) is 0 Å². The zero-order chi connectivity index (χ0) is 10.4. The molecule has 82 valence electrons. The fraction of sp³-hybridized carbons (Fsp3) is 0.833. The minimum atomic E-state index is 0.709. The second-order valence-electron chi connectivity index (χ2n) is 4.39.